The fourth-order valence-corrected chi connectivity index (χ4v) is 2.20. The van der Waals surface area contributed by atoms with Gasteiger partial charge in [0.15, 0.2) is 5.69 Å². The van der Waals surface area contributed by atoms with Gasteiger partial charge in [-0.05, 0) is 30.3 Å². The van der Waals surface area contributed by atoms with Gasteiger partial charge in [0, 0.05) is 12.1 Å². The highest BCUT2D eigenvalue weighted by atomic mass is 19.1. The van der Waals surface area contributed by atoms with E-state index in [4.69, 9.17) is 4.74 Å². The summed E-state index contributed by atoms with van der Waals surface area (Å²) in [5, 5.41) is 10.5. The third-order valence-corrected chi connectivity index (χ3v) is 3.45. The minimum absolute atomic E-state index is 0.175. The molecule has 0 aliphatic carbocycles. The van der Waals surface area contributed by atoms with E-state index in [1.165, 1.54) is 23.0 Å². The molecule has 0 aliphatic heterocycles. The molecule has 3 aromatic rings. The van der Waals surface area contributed by atoms with Crippen LogP contribution in [0.5, 0.6) is 5.75 Å². The minimum atomic E-state index is -0.353. The van der Waals surface area contributed by atoms with Gasteiger partial charge in [0.05, 0.1) is 19.0 Å². The van der Waals surface area contributed by atoms with Gasteiger partial charge >= 0.3 is 0 Å². The molecule has 0 spiro atoms. The summed E-state index contributed by atoms with van der Waals surface area (Å²) in [7, 11) is 1.58. The SMILES string of the molecule is COc1ccccc1CNC(=O)c1cn(-c2ccc(F)cc2)nn1. The van der Waals surface area contributed by atoms with Crippen molar-refractivity contribution in [1.29, 1.82) is 0 Å². The number of ether oxygens (including phenoxy) is 1. The molecule has 0 radical (unpaired) electrons. The lowest BCUT2D eigenvalue weighted by molar-refractivity contribution is 0.0945. The molecule has 3 rings (SSSR count). The summed E-state index contributed by atoms with van der Waals surface area (Å²) in [5.74, 6) is 0.00988. The van der Waals surface area contributed by atoms with E-state index in [2.05, 4.69) is 15.6 Å². The summed E-state index contributed by atoms with van der Waals surface area (Å²) < 4.78 is 19.6. The standard InChI is InChI=1S/C17H15FN4O2/c1-24-16-5-3-2-4-12(16)10-19-17(23)15-11-22(21-20-15)14-8-6-13(18)7-9-14/h2-9,11H,10H2,1H3,(H,19,23). The fourth-order valence-electron chi connectivity index (χ4n) is 2.20. The van der Waals surface area contributed by atoms with Crippen LogP contribution in [0.3, 0.4) is 0 Å². The van der Waals surface area contributed by atoms with Crippen LogP contribution < -0.4 is 10.1 Å². The number of rotatable bonds is 5. The van der Waals surface area contributed by atoms with Crippen molar-refractivity contribution in [3.05, 3.63) is 71.8 Å². The van der Waals surface area contributed by atoms with Gasteiger partial charge in [-0.3, -0.25) is 4.79 Å². The normalized spacial score (nSPS) is 10.4. The first-order chi connectivity index (χ1) is 11.7. The van der Waals surface area contributed by atoms with Crippen molar-refractivity contribution >= 4 is 5.91 Å². The van der Waals surface area contributed by atoms with E-state index in [1.54, 1.807) is 19.2 Å². The maximum atomic E-state index is 12.9. The Bertz CT molecular complexity index is 846. The first-order valence-corrected chi connectivity index (χ1v) is 7.26. The van der Waals surface area contributed by atoms with Crippen LogP contribution in [-0.2, 0) is 6.54 Å². The molecule has 1 heterocycles. The van der Waals surface area contributed by atoms with Gasteiger partial charge in [-0.1, -0.05) is 23.4 Å². The first kappa shape index (κ1) is 15.7. The van der Waals surface area contributed by atoms with Gasteiger partial charge in [0.25, 0.3) is 5.91 Å². The first-order valence-electron chi connectivity index (χ1n) is 7.26. The molecule has 1 amide bonds. The Labute approximate surface area is 137 Å². The van der Waals surface area contributed by atoms with Crippen LogP contribution in [0.2, 0.25) is 0 Å². The number of nitrogens with one attached hydrogen (secondary N) is 1. The Morgan fingerprint density at radius 3 is 2.71 bits per heavy atom. The van der Waals surface area contributed by atoms with Crippen molar-refractivity contribution < 1.29 is 13.9 Å². The highest BCUT2D eigenvalue weighted by Gasteiger charge is 2.12. The second-order valence-corrected chi connectivity index (χ2v) is 5.02. The third kappa shape index (κ3) is 3.40. The molecular formula is C17H15FN4O2. The second kappa shape index (κ2) is 6.91. The lowest BCUT2D eigenvalue weighted by Crippen LogP contribution is -2.23. The van der Waals surface area contributed by atoms with E-state index in [9.17, 15) is 9.18 Å². The number of nitrogens with zero attached hydrogens (tertiary/aromatic N) is 3. The molecule has 122 valence electrons. The van der Waals surface area contributed by atoms with E-state index in [-0.39, 0.29) is 17.4 Å². The predicted molar refractivity (Wildman–Crippen MR) is 85.5 cm³/mol. The molecule has 2 aromatic carbocycles. The quantitative estimate of drug-likeness (QED) is 0.781. The van der Waals surface area contributed by atoms with Crippen LogP contribution in [0.25, 0.3) is 5.69 Å². The van der Waals surface area contributed by atoms with Crippen molar-refractivity contribution in [1.82, 2.24) is 20.3 Å². The minimum Gasteiger partial charge on any atom is -0.496 e. The maximum absolute atomic E-state index is 12.9. The molecule has 24 heavy (non-hydrogen) atoms. The van der Waals surface area contributed by atoms with Crippen molar-refractivity contribution in [3.63, 3.8) is 0 Å². The zero-order valence-corrected chi connectivity index (χ0v) is 12.9. The van der Waals surface area contributed by atoms with Gasteiger partial charge < -0.3 is 10.1 Å². The Balaban J connectivity index is 1.69. The maximum Gasteiger partial charge on any atom is 0.273 e. The zero-order chi connectivity index (χ0) is 16.9. The van der Waals surface area contributed by atoms with E-state index < -0.39 is 0 Å². The molecule has 7 heteroatoms. The molecular weight excluding hydrogens is 311 g/mol. The number of carbonyl (C=O) groups is 1. The average Bonchev–Trinajstić information content (AvgIpc) is 3.10. The fraction of sp³-hybridized carbons (Fsp3) is 0.118. The molecule has 1 N–H and O–H groups in total. The average molecular weight is 326 g/mol. The summed E-state index contributed by atoms with van der Waals surface area (Å²) >= 11 is 0. The summed E-state index contributed by atoms with van der Waals surface area (Å²) in [5.41, 5.74) is 1.65. The predicted octanol–water partition coefficient (Wildman–Crippen LogP) is 2.34. The molecule has 0 saturated heterocycles. The largest absolute Gasteiger partial charge is 0.496 e. The van der Waals surface area contributed by atoms with E-state index in [1.807, 2.05) is 24.3 Å². The van der Waals surface area contributed by atoms with Gasteiger partial charge in [-0.15, -0.1) is 5.10 Å². The van der Waals surface area contributed by atoms with Crippen LogP contribution in [0.15, 0.2) is 54.7 Å². The Morgan fingerprint density at radius 2 is 1.96 bits per heavy atom. The van der Waals surface area contributed by atoms with Crippen LogP contribution in [0.1, 0.15) is 16.1 Å². The van der Waals surface area contributed by atoms with E-state index >= 15 is 0 Å². The van der Waals surface area contributed by atoms with Gasteiger partial charge in [-0.25, -0.2) is 9.07 Å². The lowest BCUT2D eigenvalue weighted by atomic mass is 10.2. The molecule has 0 aliphatic rings. The smallest absolute Gasteiger partial charge is 0.273 e. The zero-order valence-electron chi connectivity index (χ0n) is 12.9. The number of para-hydroxylation sites is 1. The summed E-state index contributed by atoms with van der Waals surface area (Å²) in [6.45, 7) is 0.312. The number of hydrogen-bond donors (Lipinski definition) is 1. The molecule has 0 atom stereocenters. The number of aromatic nitrogens is 3. The number of amides is 1. The van der Waals surface area contributed by atoms with Crippen LogP contribution in [0, 0.1) is 5.82 Å². The molecule has 0 unspecified atom stereocenters. The highest BCUT2D eigenvalue weighted by Crippen LogP contribution is 2.16. The highest BCUT2D eigenvalue weighted by molar-refractivity contribution is 5.91. The third-order valence-electron chi connectivity index (χ3n) is 3.45. The van der Waals surface area contributed by atoms with Crippen molar-refractivity contribution in [2.24, 2.45) is 0 Å². The van der Waals surface area contributed by atoms with Crippen LogP contribution >= 0.6 is 0 Å². The Hall–Kier alpha value is -3.22. The monoisotopic (exact) mass is 326 g/mol. The van der Waals surface area contributed by atoms with E-state index in [0.29, 0.717) is 18.0 Å². The number of methoxy groups -OCH3 is 1. The Kier molecular flexibility index (Phi) is 4.51. The number of halogens is 1. The van der Waals surface area contributed by atoms with Crippen LogP contribution in [0.4, 0.5) is 4.39 Å². The van der Waals surface area contributed by atoms with Gasteiger partial charge in [0.2, 0.25) is 0 Å². The molecule has 0 fully saturated rings. The number of carbonyl (C=O) groups excluding carboxylic acids is 1. The second-order valence-electron chi connectivity index (χ2n) is 5.02. The van der Waals surface area contributed by atoms with Gasteiger partial charge in [0.1, 0.15) is 11.6 Å². The van der Waals surface area contributed by atoms with Gasteiger partial charge in [-0.2, -0.15) is 0 Å². The van der Waals surface area contributed by atoms with Crippen molar-refractivity contribution in [2.75, 3.05) is 7.11 Å². The summed E-state index contributed by atoms with van der Waals surface area (Å²) in [6.07, 6.45) is 1.49. The van der Waals surface area contributed by atoms with E-state index in [0.717, 1.165) is 5.56 Å². The molecule has 0 bridgehead atoms. The van der Waals surface area contributed by atoms with Crippen molar-refractivity contribution in [2.45, 2.75) is 6.54 Å². The summed E-state index contributed by atoms with van der Waals surface area (Å²) in [6, 6.07) is 13.2. The van der Waals surface area contributed by atoms with Crippen LogP contribution in [-0.4, -0.2) is 28.0 Å². The lowest BCUT2D eigenvalue weighted by Gasteiger charge is -2.08. The topological polar surface area (TPSA) is 69.0 Å². The van der Waals surface area contributed by atoms with Crippen molar-refractivity contribution in [3.8, 4) is 11.4 Å². The molecule has 0 saturated carbocycles. The summed E-state index contributed by atoms with van der Waals surface area (Å²) in [4.78, 5) is 12.2. The molecule has 1 aromatic heterocycles. The Morgan fingerprint density at radius 1 is 1.21 bits per heavy atom. The molecule has 6 nitrogen and oxygen atoms in total. The number of hydrogen-bond acceptors (Lipinski definition) is 4. The number of benzene rings is 2.